The summed E-state index contributed by atoms with van der Waals surface area (Å²) in [7, 11) is -3.73. The van der Waals surface area contributed by atoms with Crippen LogP contribution in [0.25, 0.3) is 0 Å². The molecule has 22 heavy (non-hydrogen) atoms. The van der Waals surface area contributed by atoms with Crippen molar-refractivity contribution >= 4 is 10.0 Å². The van der Waals surface area contributed by atoms with Crippen molar-refractivity contribution in [1.29, 1.82) is 0 Å². The summed E-state index contributed by atoms with van der Waals surface area (Å²) in [5, 5.41) is 7.55. The molecule has 0 amide bonds. The molecule has 0 unspecified atom stereocenters. The molecule has 6 nitrogen and oxygen atoms in total. The number of aryl methyl sites for hydroxylation is 1. The molecule has 0 spiro atoms. The van der Waals surface area contributed by atoms with Gasteiger partial charge in [0.05, 0.1) is 17.6 Å². The standard InChI is InChI=1S/C14H19FN4O2S/c1-10(2)14(9-19-7-6-16-18-19)17-22(20,21)12-4-5-13(15)11(3)8-12/h4-8,10,14,17H,9H2,1-3H3/t14-/m1/s1. The van der Waals surface area contributed by atoms with Crippen LogP contribution >= 0.6 is 0 Å². The second-order valence-corrected chi connectivity index (χ2v) is 7.22. The molecule has 0 saturated heterocycles. The molecule has 8 heteroatoms. The number of nitrogens with zero attached hydrogens (tertiary/aromatic N) is 3. The minimum atomic E-state index is -3.73. The Kier molecular flexibility index (Phi) is 4.92. The lowest BCUT2D eigenvalue weighted by Gasteiger charge is -2.22. The molecule has 120 valence electrons. The van der Waals surface area contributed by atoms with E-state index in [9.17, 15) is 12.8 Å². The van der Waals surface area contributed by atoms with Gasteiger partial charge in [0, 0.05) is 12.2 Å². The van der Waals surface area contributed by atoms with E-state index in [1.165, 1.54) is 25.3 Å². The lowest BCUT2D eigenvalue weighted by molar-refractivity contribution is 0.378. The Morgan fingerprint density at radius 1 is 1.36 bits per heavy atom. The fraction of sp³-hybridized carbons (Fsp3) is 0.429. The van der Waals surface area contributed by atoms with Crippen LogP contribution in [0, 0.1) is 18.7 Å². The normalized spacial score (nSPS) is 13.5. The van der Waals surface area contributed by atoms with Gasteiger partial charge in [-0.15, -0.1) is 5.10 Å². The van der Waals surface area contributed by atoms with Crippen LogP contribution in [0.5, 0.6) is 0 Å². The molecule has 0 fully saturated rings. The average molecular weight is 326 g/mol. The molecule has 0 aliphatic rings. The van der Waals surface area contributed by atoms with E-state index in [0.29, 0.717) is 12.1 Å². The maximum Gasteiger partial charge on any atom is 0.240 e. The molecular formula is C14H19FN4O2S. The molecule has 0 bridgehead atoms. The first-order valence-corrected chi connectivity index (χ1v) is 8.40. The molecule has 0 aliphatic carbocycles. The van der Waals surface area contributed by atoms with E-state index >= 15 is 0 Å². The predicted molar refractivity (Wildman–Crippen MR) is 80.1 cm³/mol. The topological polar surface area (TPSA) is 76.9 Å². The van der Waals surface area contributed by atoms with Gasteiger partial charge in [-0.05, 0) is 36.6 Å². The van der Waals surface area contributed by atoms with E-state index in [-0.39, 0.29) is 16.9 Å². The van der Waals surface area contributed by atoms with Gasteiger partial charge in [0.15, 0.2) is 0 Å². The zero-order valence-corrected chi connectivity index (χ0v) is 13.5. The van der Waals surface area contributed by atoms with Crippen LogP contribution in [-0.4, -0.2) is 29.5 Å². The van der Waals surface area contributed by atoms with Gasteiger partial charge in [0.25, 0.3) is 0 Å². The highest BCUT2D eigenvalue weighted by Gasteiger charge is 2.23. The van der Waals surface area contributed by atoms with Crippen molar-refractivity contribution in [3.63, 3.8) is 0 Å². The highest BCUT2D eigenvalue weighted by atomic mass is 32.2. The van der Waals surface area contributed by atoms with Crippen LogP contribution in [-0.2, 0) is 16.6 Å². The maximum atomic E-state index is 13.3. The van der Waals surface area contributed by atoms with E-state index in [1.807, 2.05) is 13.8 Å². The Hall–Kier alpha value is -1.80. The number of nitrogens with one attached hydrogen (secondary N) is 1. The smallest absolute Gasteiger partial charge is 0.240 e. The van der Waals surface area contributed by atoms with Gasteiger partial charge in [-0.3, -0.25) is 4.68 Å². The van der Waals surface area contributed by atoms with Crippen LogP contribution in [0.3, 0.4) is 0 Å². The van der Waals surface area contributed by atoms with Gasteiger partial charge in [-0.2, -0.15) is 0 Å². The van der Waals surface area contributed by atoms with E-state index < -0.39 is 15.8 Å². The molecule has 1 aromatic heterocycles. The summed E-state index contributed by atoms with van der Waals surface area (Å²) >= 11 is 0. The van der Waals surface area contributed by atoms with Gasteiger partial charge in [0.2, 0.25) is 10.0 Å². The van der Waals surface area contributed by atoms with Crippen LogP contribution in [0.4, 0.5) is 4.39 Å². The molecule has 0 aliphatic heterocycles. The van der Waals surface area contributed by atoms with Crippen LogP contribution in [0.2, 0.25) is 0 Å². The van der Waals surface area contributed by atoms with Crippen LogP contribution < -0.4 is 4.72 Å². The number of sulfonamides is 1. The van der Waals surface area contributed by atoms with Gasteiger partial charge >= 0.3 is 0 Å². The van der Waals surface area contributed by atoms with Crippen molar-refractivity contribution in [3.05, 3.63) is 42.0 Å². The Morgan fingerprint density at radius 3 is 2.64 bits per heavy atom. The number of hydrogen-bond donors (Lipinski definition) is 1. The fourth-order valence-electron chi connectivity index (χ4n) is 1.97. The van der Waals surface area contributed by atoms with E-state index in [4.69, 9.17) is 0 Å². The third kappa shape index (κ3) is 3.89. The number of hydrogen-bond acceptors (Lipinski definition) is 4. The lowest BCUT2D eigenvalue weighted by atomic mass is 10.1. The van der Waals surface area contributed by atoms with Gasteiger partial charge < -0.3 is 0 Å². The molecule has 0 radical (unpaired) electrons. The zero-order chi connectivity index (χ0) is 16.3. The van der Waals surface area contributed by atoms with Crippen LogP contribution in [0.15, 0.2) is 35.5 Å². The minimum absolute atomic E-state index is 0.0515. The summed E-state index contributed by atoms with van der Waals surface area (Å²) in [6, 6.07) is 3.39. The Balaban J connectivity index is 2.22. The summed E-state index contributed by atoms with van der Waals surface area (Å²) in [5.74, 6) is -0.373. The second kappa shape index (κ2) is 6.53. The van der Waals surface area contributed by atoms with Gasteiger partial charge in [0.1, 0.15) is 5.82 Å². The second-order valence-electron chi connectivity index (χ2n) is 5.51. The first kappa shape index (κ1) is 16.6. The number of aromatic nitrogens is 3. The number of rotatable bonds is 6. The zero-order valence-electron chi connectivity index (χ0n) is 12.7. The van der Waals surface area contributed by atoms with Crippen molar-refractivity contribution in [2.45, 2.75) is 38.3 Å². The third-order valence-corrected chi connectivity index (χ3v) is 4.89. The molecule has 1 aromatic carbocycles. The summed E-state index contributed by atoms with van der Waals surface area (Å²) in [4.78, 5) is 0.0515. The minimum Gasteiger partial charge on any atom is -0.251 e. The molecule has 1 N–H and O–H groups in total. The van der Waals surface area contributed by atoms with Gasteiger partial charge in [-0.1, -0.05) is 19.1 Å². The van der Waals surface area contributed by atoms with Crippen molar-refractivity contribution in [1.82, 2.24) is 19.7 Å². The van der Waals surface area contributed by atoms with Crippen LogP contribution in [0.1, 0.15) is 19.4 Å². The average Bonchev–Trinajstić information content (AvgIpc) is 2.93. The SMILES string of the molecule is Cc1cc(S(=O)(=O)N[C@H](Cn2ccnn2)C(C)C)ccc1F. The van der Waals surface area contributed by atoms with Crippen molar-refractivity contribution < 1.29 is 12.8 Å². The molecule has 2 aromatic rings. The first-order valence-electron chi connectivity index (χ1n) is 6.92. The Bertz CT molecular complexity index is 729. The maximum absolute atomic E-state index is 13.3. The lowest BCUT2D eigenvalue weighted by Crippen LogP contribution is -2.41. The van der Waals surface area contributed by atoms with Crippen molar-refractivity contribution in [2.24, 2.45) is 5.92 Å². The highest BCUT2D eigenvalue weighted by molar-refractivity contribution is 7.89. The molecule has 0 saturated carbocycles. The molecule has 1 heterocycles. The monoisotopic (exact) mass is 326 g/mol. The number of benzene rings is 1. The summed E-state index contributed by atoms with van der Waals surface area (Å²) in [5.41, 5.74) is 0.292. The van der Waals surface area contributed by atoms with E-state index in [1.54, 1.807) is 10.9 Å². The largest absolute Gasteiger partial charge is 0.251 e. The molecule has 2 rings (SSSR count). The first-order chi connectivity index (χ1) is 10.3. The van der Waals surface area contributed by atoms with Crippen molar-refractivity contribution in [3.8, 4) is 0 Å². The summed E-state index contributed by atoms with van der Waals surface area (Å²) in [6.07, 6.45) is 3.21. The van der Waals surface area contributed by atoms with E-state index in [0.717, 1.165) is 6.07 Å². The van der Waals surface area contributed by atoms with E-state index in [2.05, 4.69) is 15.0 Å². The summed E-state index contributed by atoms with van der Waals surface area (Å²) < 4.78 is 42.4. The number of halogens is 1. The highest BCUT2D eigenvalue weighted by Crippen LogP contribution is 2.16. The Morgan fingerprint density at radius 2 is 2.09 bits per heavy atom. The van der Waals surface area contributed by atoms with Crippen molar-refractivity contribution in [2.75, 3.05) is 0 Å². The summed E-state index contributed by atoms with van der Waals surface area (Å²) in [6.45, 7) is 5.74. The molecular weight excluding hydrogens is 307 g/mol. The fourth-order valence-corrected chi connectivity index (χ4v) is 3.43. The Labute approximate surface area is 129 Å². The predicted octanol–water partition coefficient (Wildman–Crippen LogP) is 1.73. The quantitative estimate of drug-likeness (QED) is 0.877. The molecule has 1 atom stereocenters. The van der Waals surface area contributed by atoms with Gasteiger partial charge in [-0.25, -0.2) is 17.5 Å². The third-order valence-electron chi connectivity index (χ3n) is 3.41.